The Morgan fingerprint density at radius 2 is 0.958 bits per heavy atom. The fraction of sp³-hybridized carbons (Fsp3) is 0.889. The van der Waals surface area contributed by atoms with Gasteiger partial charge in [-0.2, -0.15) is 0 Å². The lowest BCUT2D eigenvalue weighted by molar-refractivity contribution is -0.122. The molecule has 1 fully saturated rings. The van der Waals surface area contributed by atoms with Gasteiger partial charge in [0.25, 0.3) is 0 Å². The molecule has 6 nitrogen and oxygen atoms in total. The minimum absolute atomic E-state index is 0.118. The second-order valence-electron chi connectivity index (χ2n) is 6.25. The zero-order valence-electron chi connectivity index (χ0n) is 14.9. The zero-order chi connectivity index (χ0) is 17.3. The standard InChI is InChI=1S/C18H34N2O4/c21-17-9-3-1-2-4-10-18(22)20-12-8-16-24-14-6-5-13-23-15-7-11-19-17/h1-16H2,(H,19,21)(H,20,22). The van der Waals surface area contributed by atoms with Gasteiger partial charge in [0, 0.05) is 52.4 Å². The Kier molecular flexibility index (Phi) is 13.4. The SMILES string of the molecule is O=C1CCCCCCC(=O)NCCCOCCCCOCCCN1. The van der Waals surface area contributed by atoms with Crippen LogP contribution in [-0.4, -0.2) is 51.3 Å². The zero-order valence-corrected chi connectivity index (χ0v) is 14.9. The van der Waals surface area contributed by atoms with Gasteiger partial charge in [-0.25, -0.2) is 0 Å². The highest BCUT2D eigenvalue weighted by Crippen LogP contribution is 2.05. The number of hydrogen-bond donors (Lipinski definition) is 2. The lowest BCUT2D eigenvalue weighted by Crippen LogP contribution is -2.25. The van der Waals surface area contributed by atoms with E-state index in [0.717, 1.165) is 64.6 Å². The maximum Gasteiger partial charge on any atom is 0.219 e. The number of carbonyl (C=O) groups excluding carboxylic acids is 2. The normalized spacial score (nSPS) is 22.5. The summed E-state index contributed by atoms with van der Waals surface area (Å²) in [6, 6.07) is 0. The summed E-state index contributed by atoms with van der Waals surface area (Å²) < 4.78 is 11.1. The molecule has 24 heavy (non-hydrogen) atoms. The van der Waals surface area contributed by atoms with Crippen LogP contribution in [0.15, 0.2) is 0 Å². The molecular formula is C18H34N2O4. The molecule has 0 atom stereocenters. The highest BCUT2D eigenvalue weighted by Gasteiger charge is 2.03. The second-order valence-corrected chi connectivity index (χ2v) is 6.25. The molecule has 0 aromatic heterocycles. The summed E-state index contributed by atoms with van der Waals surface area (Å²) in [5.74, 6) is 0.235. The molecule has 0 saturated carbocycles. The molecule has 0 spiro atoms. The van der Waals surface area contributed by atoms with E-state index >= 15 is 0 Å². The van der Waals surface area contributed by atoms with E-state index in [9.17, 15) is 9.59 Å². The van der Waals surface area contributed by atoms with E-state index in [1.807, 2.05) is 0 Å². The molecule has 0 radical (unpaired) electrons. The van der Waals surface area contributed by atoms with Crippen molar-refractivity contribution in [3.8, 4) is 0 Å². The van der Waals surface area contributed by atoms with E-state index in [-0.39, 0.29) is 11.8 Å². The van der Waals surface area contributed by atoms with Crippen molar-refractivity contribution in [2.45, 2.75) is 64.2 Å². The van der Waals surface area contributed by atoms with Crippen molar-refractivity contribution in [3.63, 3.8) is 0 Å². The molecular weight excluding hydrogens is 308 g/mol. The molecule has 6 heteroatoms. The summed E-state index contributed by atoms with van der Waals surface area (Å²) in [5.41, 5.74) is 0. The van der Waals surface area contributed by atoms with E-state index in [4.69, 9.17) is 9.47 Å². The Labute approximate surface area is 146 Å². The third-order valence-electron chi connectivity index (χ3n) is 3.96. The molecule has 0 aliphatic carbocycles. The molecule has 0 aromatic carbocycles. The number of nitrogens with one attached hydrogen (secondary N) is 2. The van der Waals surface area contributed by atoms with Crippen LogP contribution in [0.1, 0.15) is 64.2 Å². The average molecular weight is 342 g/mol. The van der Waals surface area contributed by atoms with Gasteiger partial charge in [-0.1, -0.05) is 12.8 Å². The third kappa shape index (κ3) is 13.3. The van der Waals surface area contributed by atoms with E-state index in [1.54, 1.807) is 0 Å². The molecule has 2 N–H and O–H groups in total. The number of hydrogen-bond acceptors (Lipinski definition) is 4. The maximum absolute atomic E-state index is 11.7. The molecule has 2 amide bonds. The van der Waals surface area contributed by atoms with Crippen LogP contribution >= 0.6 is 0 Å². The molecule has 1 aliphatic rings. The summed E-state index contributed by atoms with van der Waals surface area (Å²) >= 11 is 0. The molecule has 0 bridgehead atoms. The summed E-state index contributed by atoms with van der Waals surface area (Å²) in [7, 11) is 0. The number of amides is 2. The number of carbonyl (C=O) groups is 2. The molecule has 1 heterocycles. The Bertz CT molecular complexity index is 305. The van der Waals surface area contributed by atoms with E-state index in [0.29, 0.717) is 39.1 Å². The predicted molar refractivity (Wildman–Crippen MR) is 93.8 cm³/mol. The van der Waals surface area contributed by atoms with Crippen molar-refractivity contribution >= 4 is 11.8 Å². The largest absolute Gasteiger partial charge is 0.381 e. The Balaban J connectivity index is 2.16. The van der Waals surface area contributed by atoms with Crippen LogP contribution < -0.4 is 10.6 Å². The molecule has 1 saturated heterocycles. The quantitative estimate of drug-likeness (QED) is 0.707. The maximum atomic E-state index is 11.7. The van der Waals surface area contributed by atoms with Crippen molar-refractivity contribution in [3.05, 3.63) is 0 Å². The minimum Gasteiger partial charge on any atom is -0.381 e. The molecule has 1 rings (SSSR count). The van der Waals surface area contributed by atoms with E-state index in [2.05, 4.69) is 10.6 Å². The van der Waals surface area contributed by atoms with E-state index in [1.165, 1.54) is 0 Å². The fourth-order valence-corrected chi connectivity index (χ4v) is 2.52. The van der Waals surface area contributed by atoms with Crippen LogP contribution in [-0.2, 0) is 19.1 Å². The molecule has 0 aromatic rings. The van der Waals surface area contributed by atoms with Crippen molar-refractivity contribution in [2.24, 2.45) is 0 Å². The molecule has 140 valence electrons. The van der Waals surface area contributed by atoms with Gasteiger partial charge in [0.1, 0.15) is 0 Å². The van der Waals surface area contributed by atoms with E-state index < -0.39 is 0 Å². The van der Waals surface area contributed by atoms with Crippen molar-refractivity contribution in [2.75, 3.05) is 39.5 Å². The average Bonchev–Trinajstić information content (AvgIpc) is 2.57. The van der Waals surface area contributed by atoms with Gasteiger partial charge in [-0.3, -0.25) is 9.59 Å². The lowest BCUT2D eigenvalue weighted by atomic mass is 10.1. The first-order chi connectivity index (χ1) is 11.8. The third-order valence-corrected chi connectivity index (χ3v) is 3.96. The first-order valence-electron chi connectivity index (χ1n) is 9.48. The molecule has 0 unspecified atom stereocenters. The van der Waals surface area contributed by atoms with Crippen LogP contribution in [0.3, 0.4) is 0 Å². The van der Waals surface area contributed by atoms with Gasteiger partial charge in [-0.15, -0.1) is 0 Å². The first-order valence-corrected chi connectivity index (χ1v) is 9.48. The summed E-state index contributed by atoms with van der Waals surface area (Å²) in [6.45, 7) is 4.24. The monoisotopic (exact) mass is 342 g/mol. The summed E-state index contributed by atoms with van der Waals surface area (Å²) in [5, 5.41) is 5.85. The summed E-state index contributed by atoms with van der Waals surface area (Å²) in [4.78, 5) is 23.3. The highest BCUT2D eigenvalue weighted by molar-refractivity contribution is 5.76. The minimum atomic E-state index is 0.118. The molecule has 1 aliphatic heterocycles. The van der Waals surface area contributed by atoms with Crippen molar-refractivity contribution in [1.29, 1.82) is 0 Å². The van der Waals surface area contributed by atoms with Gasteiger partial charge in [0.15, 0.2) is 0 Å². The Morgan fingerprint density at radius 1 is 0.542 bits per heavy atom. The van der Waals surface area contributed by atoms with Gasteiger partial charge in [-0.05, 0) is 38.5 Å². The second kappa shape index (κ2) is 15.4. The lowest BCUT2D eigenvalue weighted by Gasteiger charge is -2.08. The van der Waals surface area contributed by atoms with Gasteiger partial charge in [0.2, 0.25) is 11.8 Å². The first kappa shape index (κ1) is 20.9. The topological polar surface area (TPSA) is 76.7 Å². The fourth-order valence-electron chi connectivity index (χ4n) is 2.52. The highest BCUT2D eigenvalue weighted by atomic mass is 16.5. The van der Waals surface area contributed by atoms with Crippen molar-refractivity contribution < 1.29 is 19.1 Å². The number of ether oxygens (including phenoxy) is 2. The summed E-state index contributed by atoms with van der Waals surface area (Å²) in [6.07, 6.45) is 8.62. The van der Waals surface area contributed by atoms with Gasteiger partial charge >= 0.3 is 0 Å². The Morgan fingerprint density at radius 3 is 1.42 bits per heavy atom. The predicted octanol–water partition coefficient (Wildman–Crippen LogP) is 2.17. The van der Waals surface area contributed by atoms with Crippen LogP contribution in [0.2, 0.25) is 0 Å². The Hall–Kier alpha value is -1.14. The van der Waals surface area contributed by atoms with Gasteiger partial charge in [0.05, 0.1) is 0 Å². The number of rotatable bonds is 0. The smallest absolute Gasteiger partial charge is 0.219 e. The van der Waals surface area contributed by atoms with Gasteiger partial charge < -0.3 is 20.1 Å². The van der Waals surface area contributed by atoms with Crippen molar-refractivity contribution in [1.82, 2.24) is 10.6 Å². The van der Waals surface area contributed by atoms with Crippen LogP contribution in [0.5, 0.6) is 0 Å². The van der Waals surface area contributed by atoms with Crippen LogP contribution in [0.4, 0.5) is 0 Å². The van der Waals surface area contributed by atoms with Crippen LogP contribution in [0.25, 0.3) is 0 Å². The van der Waals surface area contributed by atoms with Crippen LogP contribution in [0, 0.1) is 0 Å².